The molecule has 2 aliphatic rings. The SMILES string of the molecule is CCN(c1ccc(CN(C(=O)c2cn(CC3CC3)c(C)n2)c2ccc(F)cc2)cc1)C1CC1. The zero-order chi connectivity index (χ0) is 22.9. The molecule has 0 atom stereocenters. The average Bonchev–Trinajstić information content (AvgIpc) is 3.75. The number of carbonyl (C=O) groups is 1. The third kappa shape index (κ3) is 4.95. The fraction of sp³-hybridized carbons (Fsp3) is 0.407. The highest BCUT2D eigenvalue weighted by Gasteiger charge is 2.28. The Hall–Kier alpha value is -3.15. The Morgan fingerprint density at radius 3 is 2.30 bits per heavy atom. The van der Waals surface area contributed by atoms with Crippen molar-refractivity contribution in [2.45, 2.75) is 58.7 Å². The van der Waals surface area contributed by atoms with Gasteiger partial charge in [-0.25, -0.2) is 9.37 Å². The van der Waals surface area contributed by atoms with Gasteiger partial charge in [-0.1, -0.05) is 12.1 Å². The van der Waals surface area contributed by atoms with Crippen LogP contribution in [0.1, 0.15) is 54.5 Å². The Kier molecular flexibility index (Phi) is 5.92. The van der Waals surface area contributed by atoms with Gasteiger partial charge in [0.25, 0.3) is 5.91 Å². The molecule has 0 radical (unpaired) electrons. The van der Waals surface area contributed by atoms with E-state index in [1.807, 2.05) is 13.1 Å². The summed E-state index contributed by atoms with van der Waals surface area (Å²) in [5.74, 6) is 1.07. The number of rotatable bonds is 9. The van der Waals surface area contributed by atoms with E-state index in [4.69, 9.17) is 0 Å². The van der Waals surface area contributed by atoms with Crippen molar-refractivity contribution in [2.75, 3.05) is 16.3 Å². The van der Waals surface area contributed by atoms with E-state index < -0.39 is 0 Å². The molecular formula is C27H31FN4O. The van der Waals surface area contributed by atoms with Gasteiger partial charge >= 0.3 is 0 Å². The second-order valence-corrected chi connectivity index (χ2v) is 9.32. The normalized spacial score (nSPS) is 15.5. The van der Waals surface area contributed by atoms with Crippen LogP contribution < -0.4 is 9.80 Å². The number of hydrogen-bond donors (Lipinski definition) is 0. The van der Waals surface area contributed by atoms with Gasteiger partial charge in [-0.05, 0) is 87.4 Å². The molecule has 2 fully saturated rings. The van der Waals surface area contributed by atoms with Crippen molar-refractivity contribution in [2.24, 2.45) is 5.92 Å². The molecule has 0 saturated heterocycles. The van der Waals surface area contributed by atoms with Crippen LogP contribution in [-0.2, 0) is 13.1 Å². The highest BCUT2D eigenvalue weighted by molar-refractivity contribution is 6.04. The molecule has 2 aromatic carbocycles. The van der Waals surface area contributed by atoms with Crippen molar-refractivity contribution < 1.29 is 9.18 Å². The molecule has 33 heavy (non-hydrogen) atoms. The maximum Gasteiger partial charge on any atom is 0.278 e. The zero-order valence-electron chi connectivity index (χ0n) is 19.4. The largest absolute Gasteiger partial charge is 0.369 e. The third-order valence-electron chi connectivity index (χ3n) is 6.67. The Morgan fingerprint density at radius 1 is 1.03 bits per heavy atom. The van der Waals surface area contributed by atoms with Crippen molar-refractivity contribution >= 4 is 17.3 Å². The Balaban J connectivity index is 1.40. The molecule has 172 valence electrons. The number of hydrogen-bond acceptors (Lipinski definition) is 3. The third-order valence-corrected chi connectivity index (χ3v) is 6.67. The van der Waals surface area contributed by atoms with Crippen LogP contribution in [0.2, 0.25) is 0 Å². The number of carbonyl (C=O) groups excluding carboxylic acids is 1. The molecule has 1 amide bonds. The minimum atomic E-state index is -0.320. The summed E-state index contributed by atoms with van der Waals surface area (Å²) in [6.07, 6.45) is 6.87. The van der Waals surface area contributed by atoms with Gasteiger partial charge < -0.3 is 14.4 Å². The van der Waals surface area contributed by atoms with Crippen LogP contribution in [0.15, 0.2) is 54.7 Å². The second kappa shape index (κ2) is 9.00. The number of aromatic nitrogens is 2. The zero-order valence-corrected chi connectivity index (χ0v) is 19.4. The van der Waals surface area contributed by atoms with Gasteiger partial charge in [-0.15, -0.1) is 0 Å². The molecule has 5 nitrogen and oxygen atoms in total. The van der Waals surface area contributed by atoms with E-state index in [-0.39, 0.29) is 11.7 Å². The van der Waals surface area contributed by atoms with E-state index in [0.29, 0.717) is 29.9 Å². The predicted molar refractivity (Wildman–Crippen MR) is 129 cm³/mol. The van der Waals surface area contributed by atoms with Gasteiger partial charge in [-0.2, -0.15) is 0 Å². The number of amides is 1. The Bertz CT molecular complexity index is 1110. The molecule has 0 unspecified atom stereocenters. The maximum absolute atomic E-state index is 13.6. The van der Waals surface area contributed by atoms with Crippen LogP contribution in [0.3, 0.4) is 0 Å². The fourth-order valence-electron chi connectivity index (χ4n) is 4.43. The molecular weight excluding hydrogens is 415 g/mol. The predicted octanol–water partition coefficient (Wildman–Crippen LogP) is 5.58. The number of benzene rings is 2. The lowest BCUT2D eigenvalue weighted by molar-refractivity contribution is 0.0980. The minimum absolute atomic E-state index is 0.170. The van der Waals surface area contributed by atoms with Crippen molar-refractivity contribution in [1.29, 1.82) is 0 Å². The molecule has 3 aromatic rings. The lowest BCUT2D eigenvalue weighted by atomic mass is 10.1. The van der Waals surface area contributed by atoms with Crippen molar-refractivity contribution in [3.05, 3.63) is 77.6 Å². The molecule has 5 rings (SSSR count). The summed E-state index contributed by atoms with van der Waals surface area (Å²) < 4.78 is 15.7. The van der Waals surface area contributed by atoms with E-state index in [2.05, 4.69) is 45.6 Å². The van der Waals surface area contributed by atoms with Crippen molar-refractivity contribution in [1.82, 2.24) is 9.55 Å². The molecule has 0 bridgehead atoms. The summed E-state index contributed by atoms with van der Waals surface area (Å²) in [4.78, 5) is 22.3. The summed E-state index contributed by atoms with van der Waals surface area (Å²) in [7, 11) is 0. The number of halogens is 1. The molecule has 2 aliphatic carbocycles. The quantitative estimate of drug-likeness (QED) is 0.431. The van der Waals surface area contributed by atoms with Gasteiger partial charge in [0.2, 0.25) is 0 Å². The van der Waals surface area contributed by atoms with Gasteiger partial charge in [-0.3, -0.25) is 4.79 Å². The van der Waals surface area contributed by atoms with Crippen LogP contribution in [0, 0.1) is 18.7 Å². The molecule has 6 heteroatoms. The maximum atomic E-state index is 13.6. The highest BCUT2D eigenvalue weighted by atomic mass is 19.1. The van der Waals surface area contributed by atoms with E-state index in [1.54, 1.807) is 17.0 Å². The summed E-state index contributed by atoms with van der Waals surface area (Å²) >= 11 is 0. The van der Waals surface area contributed by atoms with Crippen LogP contribution in [0.25, 0.3) is 0 Å². The van der Waals surface area contributed by atoms with Crippen LogP contribution in [0.5, 0.6) is 0 Å². The first-order valence-electron chi connectivity index (χ1n) is 12.0. The summed E-state index contributed by atoms with van der Waals surface area (Å²) in [6, 6.07) is 15.2. The van der Waals surface area contributed by atoms with Gasteiger partial charge in [0, 0.05) is 36.7 Å². The van der Waals surface area contributed by atoms with E-state index in [9.17, 15) is 9.18 Å². The number of imidazole rings is 1. The number of aryl methyl sites for hydroxylation is 1. The average molecular weight is 447 g/mol. The molecule has 1 heterocycles. The molecule has 0 N–H and O–H groups in total. The molecule has 0 spiro atoms. The lowest BCUT2D eigenvalue weighted by Gasteiger charge is -2.25. The molecule has 0 aliphatic heterocycles. The summed E-state index contributed by atoms with van der Waals surface area (Å²) in [5, 5.41) is 0. The fourth-order valence-corrected chi connectivity index (χ4v) is 4.43. The van der Waals surface area contributed by atoms with Crippen molar-refractivity contribution in [3.63, 3.8) is 0 Å². The van der Waals surface area contributed by atoms with Crippen LogP contribution in [-0.4, -0.2) is 28.0 Å². The van der Waals surface area contributed by atoms with Crippen LogP contribution in [0.4, 0.5) is 15.8 Å². The molecule has 2 saturated carbocycles. The Morgan fingerprint density at radius 2 is 1.70 bits per heavy atom. The van der Waals surface area contributed by atoms with Gasteiger partial charge in [0.1, 0.15) is 17.3 Å². The smallest absolute Gasteiger partial charge is 0.278 e. The monoisotopic (exact) mass is 446 g/mol. The number of anilines is 2. The van der Waals surface area contributed by atoms with E-state index in [0.717, 1.165) is 24.5 Å². The lowest BCUT2D eigenvalue weighted by Crippen LogP contribution is -2.31. The van der Waals surface area contributed by atoms with Crippen molar-refractivity contribution in [3.8, 4) is 0 Å². The van der Waals surface area contributed by atoms with E-state index >= 15 is 0 Å². The first-order chi connectivity index (χ1) is 16.0. The topological polar surface area (TPSA) is 41.4 Å². The first kappa shape index (κ1) is 21.7. The second-order valence-electron chi connectivity index (χ2n) is 9.32. The summed E-state index contributed by atoms with van der Waals surface area (Å²) in [6.45, 7) is 6.44. The molecule has 1 aromatic heterocycles. The van der Waals surface area contributed by atoms with E-state index in [1.165, 1.54) is 43.5 Å². The number of nitrogens with zero attached hydrogens (tertiary/aromatic N) is 4. The van der Waals surface area contributed by atoms with Gasteiger partial charge in [0.05, 0.1) is 6.54 Å². The minimum Gasteiger partial charge on any atom is -0.369 e. The van der Waals surface area contributed by atoms with Crippen LogP contribution >= 0.6 is 0 Å². The van der Waals surface area contributed by atoms with Gasteiger partial charge in [0.15, 0.2) is 0 Å². The first-order valence-corrected chi connectivity index (χ1v) is 12.0. The highest BCUT2D eigenvalue weighted by Crippen LogP contribution is 2.32. The standard InChI is InChI=1S/C27H31FN4O/c1-3-31(24-14-15-24)23-10-6-21(7-11-23)17-32(25-12-8-22(28)9-13-25)27(33)26-18-30(19(2)29-26)16-20-4-5-20/h6-13,18,20,24H,3-5,14-17H2,1-2H3. The Labute approximate surface area is 194 Å². The summed E-state index contributed by atoms with van der Waals surface area (Å²) in [5.41, 5.74) is 3.34.